The fourth-order valence-electron chi connectivity index (χ4n) is 10.4. The summed E-state index contributed by atoms with van der Waals surface area (Å²) in [6, 6.07) is 35.1. The van der Waals surface area contributed by atoms with Crippen LogP contribution in [0.4, 0.5) is 24.0 Å². The molecule has 0 saturated heterocycles. The molecule has 0 fully saturated rings. The van der Waals surface area contributed by atoms with Gasteiger partial charge in [-0.3, -0.25) is 19.6 Å². The third kappa shape index (κ3) is 43.4. The number of carbonyl (C=O) groups excluding carboxylic acids is 7. The Morgan fingerprint density at radius 2 is 0.820 bits per heavy atom. The average Bonchev–Trinajstić information content (AvgIpc) is 1.86. The highest BCUT2D eigenvalue weighted by Crippen LogP contribution is 2.22. The van der Waals surface area contributed by atoms with Crippen LogP contribution in [0.1, 0.15) is 137 Å². The van der Waals surface area contributed by atoms with Crippen molar-refractivity contribution in [2.45, 2.75) is 193 Å². The molecule has 0 aliphatic heterocycles. The highest BCUT2D eigenvalue weighted by Gasteiger charge is 2.30. The number of halogens is 3. The van der Waals surface area contributed by atoms with Crippen LogP contribution in [-0.2, 0) is 93.0 Å². The molecule has 111 heavy (non-hydrogen) atoms. The van der Waals surface area contributed by atoms with E-state index in [-0.39, 0.29) is 100 Å². The monoisotopic (exact) mass is 1930 g/mol. The predicted molar refractivity (Wildman–Crippen MR) is 461 cm³/mol. The maximum atomic E-state index is 13.7. The number of benzene rings is 4. The normalized spacial score (nSPS) is 12.7. The number of amides is 8. The van der Waals surface area contributed by atoms with Gasteiger partial charge in [0.2, 0.25) is 11.8 Å². The molecule has 0 aliphatic carbocycles. The third-order valence-corrected chi connectivity index (χ3v) is 18.1. The molecule has 0 saturated carbocycles. The van der Waals surface area contributed by atoms with Crippen molar-refractivity contribution in [3.8, 4) is 0 Å². The fraction of sp³-hybridized carbons (Fsp3) is 0.474. The van der Waals surface area contributed by atoms with Crippen LogP contribution in [-0.4, -0.2) is 175 Å². The van der Waals surface area contributed by atoms with E-state index in [4.69, 9.17) is 33.5 Å². The average molecular weight is 1930 g/mol. The minimum absolute atomic E-state index is 0. The molecule has 8 N–H and O–H groups in total. The number of nitrogens with one attached hydrogen (secondary N) is 7. The summed E-state index contributed by atoms with van der Waals surface area (Å²) in [7, 11) is 5.99. The molecule has 0 unspecified atom stereocenters. The molecule has 7 atom stereocenters. The molecule has 7 rings (SSSR count). The van der Waals surface area contributed by atoms with Crippen molar-refractivity contribution in [1.29, 1.82) is 0 Å². The molecule has 0 radical (unpaired) electrons. The molecule has 7 aromatic rings. The highest BCUT2D eigenvalue weighted by atomic mass is 128. The van der Waals surface area contributed by atoms with E-state index in [1.807, 2.05) is 127 Å². The Morgan fingerprint density at radius 1 is 0.486 bits per heavy atom. The summed E-state index contributed by atoms with van der Waals surface area (Å²) in [4.78, 5) is 116. The summed E-state index contributed by atoms with van der Waals surface area (Å²) in [6.07, 6.45) is 5.41. The second kappa shape index (κ2) is 55.1. The number of carboxylic acid groups (broad SMARTS) is 1. The maximum absolute atomic E-state index is 13.7. The standard InChI is InChI=1S/C36H46N6O5S2.C32H42N4O6S.C9H17NO5.CH4.I2.HI/c1-25(2)34-39-30(23-48-34)20-42(3)35(44)41-32(22-46-4)33(43)38-28(17-26-11-7-5-8-12-26)15-16-29(18-27-13-9-6-10-14-27)40-36(45)47-21-31-19-37-24-49-31;1-32(2,3)42-31(39)36-28(21-40-4)29(37)34-25(17-23-11-7-5-8-12-23)15-16-26(18-24-13-9-6-10-14-24)35-30(38)41-20-27-19-33-22-43-27;1-9(2,3)15-8(13)10-6(5-14-4)7(11)12;;1-2;/h5-14,19,23-25,28-29,32H,15-18,20-22H2,1-4H3,(H,38,43)(H,40,45)(H,41,44);5-14,19,22,25-26,28H,15-18,20-21H2,1-4H3,(H,34,37)(H,35,38)(H,36,39);6H,5H2,1-4H3,(H,10,13)(H,11,12);1H4;;1H/t28-,29-,32+;25-,26-,28+;6-;;;/m110.../s1. The van der Waals surface area contributed by atoms with E-state index in [2.05, 4.69) is 108 Å². The van der Waals surface area contributed by atoms with E-state index in [0.717, 1.165) is 42.7 Å². The maximum Gasteiger partial charge on any atom is 0.408 e. The van der Waals surface area contributed by atoms with Gasteiger partial charge in [-0.2, -0.15) is 0 Å². The van der Waals surface area contributed by atoms with Crippen molar-refractivity contribution >= 4 is 143 Å². The Hall–Kier alpha value is -7.40. The van der Waals surface area contributed by atoms with Crippen LogP contribution in [0.3, 0.4) is 0 Å². The first-order valence-corrected chi connectivity index (χ1v) is 44.2. The quantitative estimate of drug-likeness (QED) is 0.0132. The lowest BCUT2D eigenvalue weighted by Crippen LogP contribution is -2.54. The predicted octanol–water partition coefficient (Wildman–Crippen LogP) is 14.6. The number of aliphatic carboxylic acids is 1. The molecule has 8 amide bonds. The summed E-state index contributed by atoms with van der Waals surface area (Å²) in [5, 5.41) is 31.6. The lowest BCUT2D eigenvalue weighted by atomic mass is 9.96. The van der Waals surface area contributed by atoms with Gasteiger partial charge >= 0.3 is 36.4 Å². The second-order valence-electron chi connectivity index (χ2n) is 27.4. The van der Waals surface area contributed by atoms with Crippen LogP contribution in [0.5, 0.6) is 0 Å². The van der Waals surface area contributed by atoms with Crippen molar-refractivity contribution < 1.29 is 76.6 Å². The van der Waals surface area contributed by atoms with Gasteiger partial charge in [-0.25, -0.2) is 33.8 Å². The Balaban J connectivity index is 0.000000618. The van der Waals surface area contributed by atoms with Crippen LogP contribution >= 0.6 is 95.2 Å². The number of methoxy groups -OCH3 is 3. The van der Waals surface area contributed by atoms with Crippen LogP contribution in [0.2, 0.25) is 0 Å². The van der Waals surface area contributed by atoms with Crippen LogP contribution in [0, 0.1) is 0 Å². The zero-order valence-corrected chi connectivity index (χ0v) is 73.3. The van der Waals surface area contributed by atoms with E-state index in [9.17, 15) is 38.4 Å². The molecule has 0 bridgehead atoms. The molecule has 33 heteroatoms. The molecular weight excluding hydrogens is 1820 g/mol. The number of aromatic nitrogens is 3. The number of alkyl carbamates (subject to hydrolysis) is 4. The number of thiazole rings is 3. The smallest absolute Gasteiger partial charge is 0.408 e. The number of nitrogens with zero attached hydrogens (tertiary/aromatic N) is 4. The van der Waals surface area contributed by atoms with Crippen molar-refractivity contribution in [2.75, 3.05) is 48.2 Å². The molecule has 0 spiro atoms. The van der Waals surface area contributed by atoms with Gasteiger partial charge in [0.15, 0.2) is 6.04 Å². The van der Waals surface area contributed by atoms with Crippen molar-refractivity contribution in [3.63, 3.8) is 0 Å². The van der Waals surface area contributed by atoms with Gasteiger partial charge in [0.1, 0.15) is 36.5 Å². The van der Waals surface area contributed by atoms with E-state index in [1.54, 1.807) is 83.3 Å². The number of carbonyl (C=O) groups is 8. The van der Waals surface area contributed by atoms with Crippen molar-refractivity contribution in [3.05, 3.63) is 193 Å². The molecule has 3 aromatic heterocycles. The van der Waals surface area contributed by atoms with Gasteiger partial charge < -0.3 is 80.4 Å². The molecule has 4 aromatic carbocycles. The number of hydrogen-bond donors (Lipinski definition) is 8. The van der Waals surface area contributed by atoms with E-state index >= 15 is 0 Å². The molecular formula is C78H110I3N11O16S3. The summed E-state index contributed by atoms with van der Waals surface area (Å²) in [5.74, 6) is -1.59. The molecule has 27 nitrogen and oxygen atoms in total. The number of hydrogen-bond acceptors (Lipinski definition) is 21. The fourth-order valence-corrected chi connectivity index (χ4v) is 12.2. The number of carboxylic acids is 1. The van der Waals surface area contributed by atoms with E-state index in [1.165, 1.54) is 48.9 Å². The van der Waals surface area contributed by atoms with E-state index in [0.29, 0.717) is 63.8 Å². The first-order chi connectivity index (χ1) is 52.1. The van der Waals surface area contributed by atoms with Crippen molar-refractivity contribution in [1.82, 2.24) is 57.1 Å². The second-order valence-corrected chi connectivity index (χ2v) is 30.2. The summed E-state index contributed by atoms with van der Waals surface area (Å²) >= 11 is 8.65. The summed E-state index contributed by atoms with van der Waals surface area (Å²) < 4.78 is 36.4. The minimum atomic E-state index is -1.16. The Morgan fingerprint density at radius 3 is 1.13 bits per heavy atom. The largest absolute Gasteiger partial charge is 0.480 e. The SMILES string of the molecule is C.COC[C@H](NC(=O)N(C)Cc1csc(C(C)C)n1)C(=O)N[C@H](CC[C@H](Cc1ccccc1)NC(=O)OCc1cncs1)Cc1ccccc1.COC[C@H](NC(=O)OC(C)(C)C)C(=O)N[C@H](CC[C@H](Cc1ccccc1)NC(=O)OCc1cncs1)Cc1ccccc1.COC[C@H](NC(=O)OC(C)(C)C)C(=O)O.I.II. The van der Waals surface area contributed by atoms with Gasteiger partial charge in [-0.05, 0) is 115 Å². The lowest BCUT2D eigenvalue weighted by Gasteiger charge is -2.27. The van der Waals surface area contributed by atoms with Gasteiger partial charge in [0, 0.05) is 113 Å². The summed E-state index contributed by atoms with van der Waals surface area (Å²) in [6.45, 7) is 15.0. The third-order valence-electron chi connectivity index (χ3n) is 15.4. The topological polar surface area (TPSA) is 348 Å². The Labute approximate surface area is 705 Å². The zero-order valence-electron chi connectivity index (χ0n) is 64.2. The number of rotatable bonds is 37. The first kappa shape index (κ1) is 99.7. The highest BCUT2D eigenvalue weighted by molar-refractivity contribution is 15.0. The van der Waals surface area contributed by atoms with Crippen LogP contribution in [0.25, 0.3) is 0 Å². The van der Waals surface area contributed by atoms with Crippen LogP contribution in [0.15, 0.2) is 150 Å². The molecule has 3 heterocycles. The van der Waals surface area contributed by atoms with Crippen LogP contribution < -0.4 is 37.2 Å². The van der Waals surface area contributed by atoms with Gasteiger partial charge in [-0.1, -0.05) is 143 Å². The van der Waals surface area contributed by atoms with E-state index < -0.39 is 65.7 Å². The molecule has 612 valence electrons. The Kier molecular flexibility index (Phi) is 49.5. The van der Waals surface area contributed by atoms with Crippen molar-refractivity contribution in [2.24, 2.45) is 0 Å². The first-order valence-electron chi connectivity index (χ1n) is 35.2. The molecule has 0 aliphatic rings. The lowest BCUT2D eigenvalue weighted by molar-refractivity contribution is -0.140. The number of ether oxygens (including phenoxy) is 7. The van der Waals surface area contributed by atoms with Gasteiger partial charge in [-0.15, -0.1) is 58.0 Å². The van der Waals surface area contributed by atoms with Gasteiger partial charge in [0.25, 0.3) is 0 Å². The minimum Gasteiger partial charge on any atom is -0.480 e. The number of urea groups is 1. The summed E-state index contributed by atoms with van der Waals surface area (Å²) in [5.41, 5.74) is 7.07. The Bertz CT molecular complexity index is 3740. The van der Waals surface area contributed by atoms with Gasteiger partial charge in [0.05, 0.1) is 57.8 Å². The zero-order chi connectivity index (χ0) is 80.2.